The molecule has 1 aliphatic rings. The Morgan fingerprint density at radius 1 is 1.64 bits per heavy atom. The van der Waals surface area contributed by atoms with E-state index in [0.717, 1.165) is 11.3 Å². The standard InChI is InChI=1S/C7H12N2O2/c1-3-5-4-6(10)9(2)7(11)8-5/h5H,3-4H2,1-2H3,(H,8,11). The van der Waals surface area contributed by atoms with Crippen LogP contribution in [0.4, 0.5) is 4.79 Å². The Kier molecular flexibility index (Phi) is 2.12. The Balaban J connectivity index is 2.62. The van der Waals surface area contributed by atoms with E-state index in [1.807, 2.05) is 6.92 Å². The van der Waals surface area contributed by atoms with Crippen LogP contribution >= 0.6 is 0 Å². The van der Waals surface area contributed by atoms with Gasteiger partial charge in [-0.25, -0.2) is 4.79 Å². The molecule has 0 radical (unpaired) electrons. The Labute approximate surface area is 65.6 Å². The first-order chi connectivity index (χ1) is 5.15. The van der Waals surface area contributed by atoms with E-state index in [1.54, 1.807) is 0 Å². The number of carbonyl (C=O) groups excluding carboxylic acids is 2. The molecule has 0 spiro atoms. The highest BCUT2D eigenvalue weighted by Gasteiger charge is 2.27. The Morgan fingerprint density at radius 2 is 2.27 bits per heavy atom. The summed E-state index contributed by atoms with van der Waals surface area (Å²) in [6.45, 7) is 1.95. The highest BCUT2D eigenvalue weighted by atomic mass is 16.2. The number of hydrogen-bond donors (Lipinski definition) is 1. The first-order valence-electron chi connectivity index (χ1n) is 3.72. The molecule has 0 aromatic carbocycles. The smallest absolute Gasteiger partial charge is 0.324 e. The second-order valence-corrected chi connectivity index (χ2v) is 2.71. The van der Waals surface area contributed by atoms with Gasteiger partial charge in [0.2, 0.25) is 5.91 Å². The van der Waals surface area contributed by atoms with Crippen molar-refractivity contribution in [2.75, 3.05) is 7.05 Å². The molecule has 0 bridgehead atoms. The molecule has 1 rings (SSSR count). The Bertz CT molecular complexity index is 173. The molecular weight excluding hydrogens is 144 g/mol. The van der Waals surface area contributed by atoms with Crippen molar-refractivity contribution < 1.29 is 9.59 Å². The van der Waals surface area contributed by atoms with Gasteiger partial charge in [-0.3, -0.25) is 9.69 Å². The minimum atomic E-state index is -0.284. The SMILES string of the molecule is CCC1CC(=O)N(C)C(=O)N1. The molecule has 3 amide bonds. The van der Waals surface area contributed by atoms with E-state index < -0.39 is 0 Å². The molecule has 0 aliphatic carbocycles. The first kappa shape index (κ1) is 8.04. The first-order valence-corrected chi connectivity index (χ1v) is 3.72. The lowest BCUT2D eigenvalue weighted by atomic mass is 10.1. The summed E-state index contributed by atoms with van der Waals surface area (Å²) in [5.41, 5.74) is 0. The Morgan fingerprint density at radius 3 is 2.73 bits per heavy atom. The lowest BCUT2D eigenvalue weighted by Gasteiger charge is -2.27. The van der Waals surface area contributed by atoms with Crippen molar-refractivity contribution in [3.8, 4) is 0 Å². The molecule has 1 saturated heterocycles. The number of nitrogens with zero attached hydrogens (tertiary/aromatic N) is 1. The number of nitrogens with one attached hydrogen (secondary N) is 1. The average Bonchev–Trinajstić information content (AvgIpc) is 1.99. The highest BCUT2D eigenvalue weighted by Crippen LogP contribution is 2.07. The van der Waals surface area contributed by atoms with Crippen LogP contribution < -0.4 is 5.32 Å². The van der Waals surface area contributed by atoms with Crippen molar-refractivity contribution in [2.24, 2.45) is 0 Å². The van der Waals surface area contributed by atoms with Crippen molar-refractivity contribution in [2.45, 2.75) is 25.8 Å². The van der Waals surface area contributed by atoms with E-state index in [0.29, 0.717) is 6.42 Å². The molecular formula is C7H12N2O2. The summed E-state index contributed by atoms with van der Waals surface area (Å²) in [6.07, 6.45) is 1.24. The zero-order valence-corrected chi connectivity index (χ0v) is 6.76. The van der Waals surface area contributed by atoms with Gasteiger partial charge in [-0.2, -0.15) is 0 Å². The van der Waals surface area contributed by atoms with Crippen LogP contribution in [0, 0.1) is 0 Å². The molecule has 11 heavy (non-hydrogen) atoms. The predicted octanol–water partition coefficient (Wildman–Crippen LogP) is 0.337. The molecule has 1 N–H and O–H groups in total. The molecule has 62 valence electrons. The van der Waals surface area contributed by atoms with Crippen LogP contribution in [-0.2, 0) is 4.79 Å². The van der Waals surface area contributed by atoms with E-state index in [2.05, 4.69) is 5.32 Å². The van der Waals surface area contributed by atoms with E-state index >= 15 is 0 Å². The zero-order chi connectivity index (χ0) is 8.43. The lowest BCUT2D eigenvalue weighted by molar-refractivity contribution is -0.129. The van der Waals surface area contributed by atoms with Gasteiger partial charge >= 0.3 is 6.03 Å². The minimum Gasteiger partial charge on any atom is -0.334 e. The molecule has 1 heterocycles. The van der Waals surface area contributed by atoms with Gasteiger partial charge in [0.1, 0.15) is 0 Å². The largest absolute Gasteiger partial charge is 0.334 e. The van der Waals surface area contributed by atoms with E-state index in [4.69, 9.17) is 0 Å². The predicted molar refractivity (Wildman–Crippen MR) is 40.0 cm³/mol. The van der Waals surface area contributed by atoms with Gasteiger partial charge in [-0.15, -0.1) is 0 Å². The van der Waals surface area contributed by atoms with Gasteiger partial charge in [-0.05, 0) is 6.42 Å². The van der Waals surface area contributed by atoms with Crippen LogP contribution in [0.1, 0.15) is 19.8 Å². The number of rotatable bonds is 1. The maximum Gasteiger partial charge on any atom is 0.324 e. The van der Waals surface area contributed by atoms with Crippen molar-refractivity contribution in [3.05, 3.63) is 0 Å². The van der Waals surface area contributed by atoms with E-state index in [-0.39, 0.29) is 18.0 Å². The fraction of sp³-hybridized carbons (Fsp3) is 0.714. The molecule has 1 unspecified atom stereocenters. The highest BCUT2D eigenvalue weighted by molar-refractivity contribution is 5.96. The number of amides is 3. The molecule has 1 atom stereocenters. The average molecular weight is 156 g/mol. The lowest BCUT2D eigenvalue weighted by Crippen LogP contribution is -2.52. The fourth-order valence-corrected chi connectivity index (χ4v) is 1.03. The van der Waals surface area contributed by atoms with Crippen LogP contribution in [0.3, 0.4) is 0 Å². The van der Waals surface area contributed by atoms with Crippen LogP contribution in [0.15, 0.2) is 0 Å². The summed E-state index contributed by atoms with van der Waals surface area (Å²) in [4.78, 5) is 23.1. The third-order valence-corrected chi connectivity index (χ3v) is 1.92. The van der Waals surface area contributed by atoms with Crippen molar-refractivity contribution in [3.63, 3.8) is 0 Å². The molecule has 4 heteroatoms. The maximum atomic E-state index is 11.0. The third kappa shape index (κ3) is 1.50. The molecule has 0 saturated carbocycles. The van der Waals surface area contributed by atoms with Gasteiger partial charge in [0.15, 0.2) is 0 Å². The number of imide groups is 1. The summed E-state index contributed by atoms with van der Waals surface area (Å²) in [5.74, 6) is -0.0967. The number of carbonyl (C=O) groups is 2. The summed E-state index contributed by atoms with van der Waals surface area (Å²) in [6, 6.07) is -0.251. The topological polar surface area (TPSA) is 49.4 Å². The monoisotopic (exact) mass is 156 g/mol. The summed E-state index contributed by atoms with van der Waals surface area (Å²) >= 11 is 0. The van der Waals surface area contributed by atoms with Crippen LogP contribution in [-0.4, -0.2) is 29.9 Å². The van der Waals surface area contributed by atoms with Gasteiger partial charge < -0.3 is 5.32 Å². The summed E-state index contributed by atoms with van der Waals surface area (Å²) < 4.78 is 0. The van der Waals surface area contributed by atoms with Gasteiger partial charge in [0, 0.05) is 19.5 Å². The number of hydrogen-bond acceptors (Lipinski definition) is 2. The second kappa shape index (κ2) is 2.90. The van der Waals surface area contributed by atoms with Crippen LogP contribution in [0.5, 0.6) is 0 Å². The van der Waals surface area contributed by atoms with Crippen molar-refractivity contribution in [1.29, 1.82) is 0 Å². The molecule has 1 fully saturated rings. The van der Waals surface area contributed by atoms with E-state index in [1.165, 1.54) is 7.05 Å². The second-order valence-electron chi connectivity index (χ2n) is 2.71. The van der Waals surface area contributed by atoms with E-state index in [9.17, 15) is 9.59 Å². The van der Waals surface area contributed by atoms with Gasteiger partial charge in [-0.1, -0.05) is 6.92 Å². The van der Waals surface area contributed by atoms with Gasteiger partial charge in [0.25, 0.3) is 0 Å². The number of urea groups is 1. The van der Waals surface area contributed by atoms with Crippen LogP contribution in [0.2, 0.25) is 0 Å². The zero-order valence-electron chi connectivity index (χ0n) is 6.76. The van der Waals surface area contributed by atoms with Crippen molar-refractivity contribution in [1.82, 2.24) is 10.2 Å². The van der Waals surface area contributed by atoms with Crippen LogP contribution in [0.25, 0.3) is 0 Å². The van der Waals surface area contributed by atoms with Gasteiger partial charge in [0.05, 0.1) is 0 Å². The maximum absolute atomic E-state index is 11.0. The molecule has 4 nitrogen and oxygen atoms in total. The third-order valence-electron chi connectivity index (χ3n) is 1.92. The summed E-state index contributed by atoms with van der Waals surface area (Å²) in [5, 5.41) is 2.71. The fourth-order valence-electron chi connectivity index (χ4n) is 1.03. The molecule has 0 aromatic heterocycles. The molecule has 1 aliphatic heterocycles. The molecule has 0 aromatic rings. The Hall–Kier alpha value is -1.06. The quantitative estimate of drug-likeness (QED) is 0.595. The van der Waals surface area contributed by atoms with Crippen molar-refractivity contribution >= 4 is 11.9 Å². The minimum absolute atomic E-state index is 0.0335. The summed E-state index contributed by atoms with van der Waals surface area (Å²) in [7, 11) is 1.49. The normalized spacial score (nSPS) is 25.3.